The Labute approximate surface area is 111 Å². The van der Waals surface area contributed by atoms with Crippen LogP contribution in [0.25, 0.3) is 0 Å². The molecule has 1 aromatic rings. The van der Waals surface area contributed by atoms with Crippen molar-refractivity contribution in [2.24, 2.45) is 0 Å². The Balaban J connectivity index is 2.24. The summed E-state index contributed by atoms with van der Waals surface area (Å²) < 4.78 is 36.1. The van der Waals surface area contributed by atoms with Gasteiger partial charge in [-0.3, -0.25) is 4.79 Å². The number of hydrogen-bond donors (Lipinski definition) is 0. The Morgan fingerprint density at radius 2 is 1.89 bits per heavy atom. The fourth-order valence-corrected chi connectivity index (χ4v) is 3.03. The fourth-order valence-electron chi connectivity index (χ4n) is 1.71. The van der Waals surface area contributed by atoms with Gasteiger partial charge in [0, 0.05) is 27.2 Å². The van der Waals surface area contributed by atoms with E-state index in [9.17, 15) is 13.2 Å². The third-order valence-corrected chi connectivity index (χ3v) is 4.54. The van der Waals surface area contributed by atoms with E-state index in [1.54, 1.807) is 14.1 Å². The second-order valence-electron chi connectivity index (χ2n) is 4.33. The van der Waals surface area contributed by atoms with Crippen molar-refractivity contribution in [2.75, 3.05) is 40.4 Å². The van der Waals surface area contributed by atoms with Crippen LogP contribution in [0.3, 0.4) is 0 Å². The Kier molecular flexibility index (Phi) is 3.93. The van der Waals surface area contributed by atoms with Crippen molar-refractivity contribution in [3.05, 3.63) is 17.9 Å². The van der Waals surface area contributed by atoms with Crippen molar-refractivity contribution in [1.29, 1.82) is 0 Å². The molecule has 2 heterocycles. The van der Waals surface area contributed by atoms with E-state index in [0.29, 0.717) is 26.3 Å². The molecule has 0 atom stereocenters. The van der Waals surface area contributed by atoms with E-state index in [-0.39, 0.29) is 16.8 Å². The van der Waals surface area contributed by atoms with Gasteiger partial charge in [0.2, 0.25) is 5.09 Å². The molecule has 1 aliphatic heterocycles. The normalized spacial score (nSPS) is 17.4. The number of carbonyl (C=O) groups is 1. The van der Waals surface area contributed by atoms with E-state index in [1.807, 2.05) is 0 Å². The predicted octanol–water partition coefficient (Wildman–Crippen LogP) is 0.00230. The summed E-state index contributed by atoms with van der Waals surface area (Å²) in [5, 5.41) is -0.209. The van der Waals surface area contributed by atoms with Crippen LogP contribution in [0.4, 0.5) is 0 Å². The van der Waals surface area contributed by atoms with Crippen molar-refractivity contribution in [2.45, 2.75) is 5.09 Å². The maximum Gasteiger partial charge on any atom is 0.289 e. The van der Waals surface area contributed by atoms with Crippen molar-refractivity contribution in [1.82, 2.24) is 9.21 Å². The smallest absolute Gasteiger partial charge is 0.289 e. The molecule has 0 unspecified atom stereocenters. The molecule has 0 saturated carbocycles. The van der Waals surface area contributed by atoms with Gasteiger partial charge in [0.1, 0.15) is 0 Å². The van der Waals surface area contributed by atoms with Crippen LogP contribution < -0.4 is 0 Å². The summed E-state index contributed by atoms with van der Waals surface area (Å²) in [5.74, 6) is -0.361. The molecule has 1 saturated heterocycles. The first kappa shape index (κ1) is 14.0. The first-order valence-corrected chi connectivity index (χ1v) is 7.26. The first-order valence-electron chi connectivity index (χ1n) is 5.82. The van der Waals surface area contributed by atoms with Gasteiger partial charge in [0.05, 0.1) is 13.2 Å². The van der Waals surface area contributed by atoms with Crippen molar-refractivity contribution < 1.29 is 22.4 Å². The van der Waals surface area contributed by atoms with E-state index in [4.69, 9.17) is 9.15 Å². The summed E-state index contributed by atoms with van der Waals surface area (Å²) >= 11 is 0. The minimum absolute atomic E-state index is 0.0110. The summed E-state index contributed by atoms with van der Waals surface area (Å²) in [4.78, 5) is 13.0. The van der Waals surface area contributed by atoms with E-state index < -0.39 is 10.0 Å². The van der Waals surface area contributed by atoms with Crippen molar-refractivity contribution in [3.8, 4) is 0 Å². The van der Waals surface area contributed by atoms with Gasteiger partial charge in [-0.05, 0) is 12.1 Å². The number of sulfonamides is 1. The highest BCUT2D eigenvalue weighted by Gasteiger charge is 2.30. The molecule has 19 heavy (non-hydrogen) atoms. The largest absolute Gasteiger partial charge is 0.438 e. The third kappa shape index (κ3) is 2.80. The molecule has 0 bridgehead atoms. The molecule has 1 amide bonds. The maximum absolute atomic E-state index is 12.2. The number of nitrogens with zero attached hydrogens (tertiary/aromatic N) is 2. The SMILES string of the molecule is CN(C)C(=O)c1ccc(S(=O)(=O)N2CCOCC2)o1. The van der Waals surface area contributed by atoms with Gasteiger partial charge in [0.15, 0.2) is 5.76 Å². The molecular weight excluding hydrogens is 272 g/mol. The van der Waals surface area contributed by atoms with E-state index in [0.717, 1.165) is 0 Å². The summed E-state index contributed by atoms with van der Waals surface area (Å²) in [5.41, 5.74) is 0. The molecule has 2 rings (SSSR count). The van der Waals surface area contributed by atoms with Crippen LogP contribution in [0, 0.1) is 0 Å². The Morgan fingerprint density at radius 3 is 2.47 bits per heavy atom. The quantitative estimate of drug-likeness (QED) is 0.782. The van der Waals surface area contributed by atoms with Crippen LogP contribution in [-0.4, -0.2) is 63.9 Å². The molecule has 0 radical (unpaired) electrons. The summed E-state index contributed by atoms with van der Waals surface area (Å²) in [7, 11) is -0.544. The topological polar surface area (TPSA) is 80.1 Å². The van der Waals surface area contributed by atoms with Gasteiger partial charge in [0.25, 0.3) is 15.9 Å². The maximum atomic E-state index is 12.2. The molecule has 106 valence electrons. The molecule has 7 nitrogen and oxygen atoms in total. The van der Waals surface area contributed by atoms with E-state index in [1.165, 1.54) is 21.3 Å². The third-order valence-electron chi connectivity index (χ3n) is 2.76. The molecule has 0 aromatic carbocycles. The highest BCUT2D eigenvalue weighted by Crippen LogP contribution is 2.20. The van der Waals surface area contributed by atoms with E-state index >= 15 is 0 Å². The molecule has 0 spiro atoms. The Hall–Kier alpha value is -1.38. The van der Waals surface area contributed by atoms with Crippen molar-refractivity contribution in [3.63, 3.8) is 0 Å². The number of hydrogen-bond acceptors (Lipinski definition) is 5. The Morgan fingerprint density at radius 1 is 1.26 bits per heavy atom. The van der Waals surface area contributed by atoms with Crippen molar-refractivity contribution >= 4 is 15.9 Å². The zero-order chi connectivity index (χ0) is 14.0. The molecular formula is C11H16N2O5S. The first-order chi connectivity index (χ1) is 8.93. The predicted molar refractivity (Wildman–Crippen MR) is 66.3 cm³/mol. The lowest BCUT2D eigenvalue weighted by molar-refractivity contribution is 0.0719. The van der Waals surface area contributed by atoms with Crippen LogP contribution in [0.15, 0.2) is 21.6 Å². The minimum Gasteiger partial charge on any atom is -0.438 e. The van der Waals surface area contributed by atoms with Gasteiger partial charge in [-0.1, -0.05) is 0 Å². The fraction of sp³-hybridized carbons (Fsp3) is 0.545. The number of amides is 1. The molecule has 0 N–H and O–H groups in total. The lowest BCUT2D eigenvalue weighted by Gasteiger charge is -2.24. The van der Waals surface area contributed by atoms with Crippen LogP contribution >= 0.6 is 0 Å². The lowest BCUT2D eigenvalue weighted by Crippen LogP contribution is -2.40. The summed E-state index contributed by atoms with van der Waals surface area (Å²) in [6.45, 7) is 1.31. The Bertz CT molecular complexity index is 557. The van der Waals surface area contributed by atoms with Crippen LogP contribution in [-0.2, 0) is 14.8 Å². The van der Waals surface area contributed by atoms with Gasteiger partial charge < -0.3 is 14.1 Å². The molecule has 1 aromatic heterocycles. The zero-order valence-corrected chi connectivity index (χ0v) is 11.6. The van der Waals surface area contributed by atoms with Crippen LogP contribution in [0.2, 0.25) is 0 Å². The highest BCUT2D eigenvalue weighted by molar-refractivity contribution is 7.89. The van der Waals surface area contributed by atoms with Gasteiger partial charge in [-0.2, -0.15) is 4.31 Å². The number of morpholine rings is 1. The monoisotopic (exact) mass is 288 g/mol. The van der Waals surface area contributed by atoms with Gasteiger partial charge in [-0.15, -0.1) is 0 Å². The number of carbonyl (C=O) groups excluding carboxylic acids is 1. The van der Waals surface area contributed by atoms with Gasteiger partial charge in [-0.25, -0.2) is 8.42 Å². The molecule has 1 fully saturated rings. The molecule has 0 aliphatic carbocycles. The van der Waals surface area contributed by atoms with Crippen LogP contribution in [0.5, 0.6) is 0 Å². The zero-order valence-electron chi connectivity index (χ0n) is 10.8. The summed E-state index contributed by atoms with van der Waals surface area (Å²) in [6.07, 6.45) is 0. The number of ether oxygens (including phenoxy) is 1. The second-order valence-corrected chi connectivity index (χ2v) is 6.20. The average molecular weight is 288 g/mol. The van der Waals surface area contributed by atoms with E-state index in [2.05, 4.69) is 0 Å². The highest BCUT2D eigenvalue weighted by atomic mass is 32.2. The lowest BCUT2D eigenvalue weighted by atomic mass is 10.4. The molecule has 8 heteroatoms. The molecule has 1 aliphatic rings. The van der Waals surface area contributed by atoms with Crippen LogP contribution in [0.1, 0.15) is 10.6 Å². The van der Waals surface area contributed by atoms with Gasteiger partial charge >= 0.3 is 0 Å². The summed E-state index contributed by atoms with van der Waals surface area (Å²) in [6, 6.07) is 2.68. The average Bonchev–Trinajstić information content (AvgIpc) is 2.89. The second kappa shape index (κ2) is 5.32. The number of rotatable bonds is 3. The number of furan rings is 1. The standard InChI is InChI=1S/C11H16N2O5S/c1-12(2)11(14)9-3-4-10(18-9)19(15,16)13-5-7-17-8-6-13/h3-4H,5-8H2,1-2H3. The minimum atomic E-state index is -3.68.